The van der Waals surface area contributed by atoms with Crippen molar-refractivity contribution in [3.05, 3.63) is 57.3 Å². The molecule has 1 aromatic heterocycles. The molecule has 29 heavy (non-hydrogen) atoms. The maximum absolute atomic E-state index is 12.9. The maximum Gasteiger partial charge on any atom is 0.295 e. The van der Waals surface area contributed by atoms with Gasteiger partial charge in [0.05, 0.1) is 11.6 Å². The van der Waals surface area contributed by atoms with Gasteiger partial charge in [-0.1, -0.05) is 6.07 Å². The first-order chi connectivity index (χ1) is 14.0. The van der Waals surface area contributed by atoms with Gasteiger partial charge in [0.2, 0.25) is 0 Å². The van der Waals surface area contributed by atoms with Crippen molar-refractivity contribution in [2.24, 2.45) is 0 Å². The molecule has 1 fully saturated rings. The number of Topliss-reactive ketones (excluding diaryl/α,β-unsaturated/α-hetero) is 1. The Labute approximate surface area is 173 Å². The van der Waals surface area contributed by atoms with Gasteiger partial charge in [-0.25, -0.2) is 0 Å². The fourth-order valence-corrected chi connectivity index (χ4v) is 4.80. The third kappa shape index (κ3) is 3.56. The zero-order valence-corrected chi connectivity index (χ0v) is 17.2. The summed E-state index contributed by atoms with van der Waals surface area (Å²) >= 11 is 1.46. The largest absolute Gasteiger partial charge is 0.507 e. The second kappa shape index (κ2) is 8.00. The molecule has 2 atom stereocenters. The number of benzene rings is 1. The number of hydrogen-bond acceptors (Lipinski definition) is 6. The summed E-state index contributed by atoms with van der Waals surface area (Å²) < 4.78 is 10.8. The Morgan fingerprint density at radius 3 is 2.90 bits per heavy atom. The topological polar surface area (TPSA) is 76.1 Å². The molecule has 1 N–H and O–H groups in total. The molecule has 1 amide bonds. The van der Waals surface area contributed by atoms with E-state index in [0.717, 1.165) is 22.6 Å². The van der Waals surface area contributed by atoms with Crippen LogP contribution in [0.15, 0.2) is 41.3 Å². The highest BCUT2D eigenvalue weighted by atomic mass is 32.1. The lowest BCUT2D eigenvalue weighted by molar-refractivity contribution is -0.140. The van der Waals surface area contributed by atoms with Gasteiger partial charge in [0.25, 0.3) is 11.7 Å². The van der Waals surface area contributed by atoms with Crippen LogP contribution in [0.3, 0.4) is 0 Å². The predicted molar refractivity (Wildman–Crippen MR) is 110 cm³/mol. The first kappa shape index (κ1) is 19.7. The average molecular weight is 413 g/mol. The quantitative estimate of drug-likeness (QED) is 0.339. The number of methoxy groups -OCH3 is 1. The molecular weight excluding hydrogens is 390 g/mol. The number of aliphatic hydroxyl groups is 1. The van der Waals surface area contributed by atoms with Crippen LogP contribution in [0.4, 0.5) is 0 Å². The van der Waals surface area contributed by atoms with Gasteiger partial charge < -0.3 is 19.5 Å². The first-order valence-electron chi connectivity index (χ1n) is 9.62. The van der Waals surface area contributed by atoms with Crippen LogP contribution in [0.25, 0.3) is 5.76 Å². The fraction of sp³-hybridized carbons (Fsp3) is 0.364. The molecule has 2 aliphatic rings. The van der Waals surface area contributed by atoms with Crippen LogP contribution in [0.5, 0.6) is 5.75 Å². The molecule has 2 aromatic rings. The Morgan fingerprint density at radius 1 is 1.34 bits per heavy atom. The second-order valence-corrected chi connectivity index (χ2v) is 8.29. The van der Waals surface area contributed by atoms with Gasteiger partial charge in [-0.3, -0.25) is 9.59 Å². The molecule has 0 aliphatic carbocycles. The van der Waals surface area contributed by atoms with E-state index in [0.29, 0.717) is 25.1 Å². The van der Waals surface area contributed by atoms with E-state index >= 15 is 0 Å². The maximum atomic E-state index is 12.9. The number of nitrogens with zero attached hydrogens (tertiary/aromatic N) is 1. The molecule has 4 rings (SSSR count). The lowest BCUT2D eigenvalue weighted by Crippen LogP contribution is -2.31. The van der Waals surface area contributed by atoms with Crippen molar-refractivity contribution in [1.82, 2.24) is 4.90 Å². The number of rotatable bonds is 6. The van der Waals surface area contributed by atoms with Crippen molar-refractivity contribution in [2.75, 3.05) is 20.3 Å². The van der Waals surface area contributed by atoms with E-state index in [2.05, 4.69) is 0 Å². The number of aliphatic hydroxyl groups excluding tert-OH is 1. The third-order valence-corrected chi connectivity index (χ3v) is 6.19. The van der Waals surface area contributed by atoms with Gasteiger partial charge in [-0.15, -0.1) is 11.3 Å². The Balaban J connectivity index is 1.76. The third-order valence-electron chi connectivity index (χ3n) is 5.27. The number of ether oxygens (including phenoxy) is 2. The zero-order chi connectivity index (χ0) is 20.5. The monoisotopic (exact) mass is 413 g/mol. The molecular formula is C22H23NO5S. The minimum absolute atomic E-state index is 0.0832. The molecule has 152 valence electrons. The van der Waals surface area contributed by atoms with Crippen LogP contribution in [-0.2, 0) is 20.7 Å². The number of ketones is 1. The number of amides is 1. The van der Waals surface area contributed by atoms with Crippen molar-refractivity contribution in [3.8, 4) is 5.75 Å². The summed E-state index contributed by atoms with van der Waals surface area (Å²) in [6.07, 6.45) is 1.44. The number of carbonyl (C=O) groups excluding carboxylic acids is 2. The number of thiophene rings is 1. The lowest BCUT2D eigenvalue weighted by atomic mass is 9.98. The zero-order valence-electron chi connectivity index (χ0n) is 16.4. The number of likely N-dealkylation sites (tertiary alicyclic amines) is 1. The SMILES string of the molecule is COCCCN1C(=O)C(=O)C(=C(O)c2ccc3c(c2)C[C@@H](C)O3)[C@H]1c1cccs1. The molecule has 2 aliphatic heterocycles. The molecule has 7 heteroatoms. The van der Waals surface area contributed by atoms with Crippen LogP contribution in [-0.4, -0.2) is 48.1 Å². The molecule has 0 radical (unpaired) electrons. The van der Waals surface area contributed by atoms with Crippen molar-refractivity contribution >= 4 is 28.8 Å². The van der Waals surface area contributed by atoms with E-state index in [1.807, 2.05) is 36.6 Å². The summed E-state index contributed by atoms with van der Waals surface area (Å²) in [5.41, 5.74) is 1.66. The number of carbonyl (C=O) groups is 2. The summed E-state index contributed by atoms with van der Waals surface area (Å²) in [5, 5.41) is 13.0. The fourth-order valence-electron chi connectivity index (χ4n) is 3.96. The van der Waals surface area contributed by atoms with Crippen LogP contribution in [0.2, 0.25) is 0 Å². The van der Waals surface area contributed by atoms with E-state index in [1.165, 1.54) is 16.2 Å². The Bertz CT molecular complexity index is 966. The van der Waals surface area contributed by atoms with Crippen LogP contribution >= 0.6 is 11.3 Å². The minimum atomic E-state index is -0.650. The molecule has 1 aromatic carbocycles. The normalized spacial score (nSPS) is 22.8. The molecule has 0 saturated carbocycles. The van der Waals surface area contributed by atoms with Crippen molar-refractivity contribution in [3.63, 3.8) is 0 Å². The van der Waals surface area contributed by atoms with Gasteiger partial charge >= 0.3 is 0 Å². The molecule has 0 spiro atoms. The minimum Gasteiger partial charge on any atom is -0.507 e. The van der Waals surface area contributed by atoms with Crippen molar-refractivity contribution in [1.29, 1.82) is 0 Å². The molecule has 6 nitrogen and oxygen atoms in total. The Morgan fingerprint density at radius 2 is 2.17 bits per heavy atom. The Kier molecular flexibility index (Phi) is 5.43. The molecule has 3 heterocycles. The first-order valence-corrected chi connectivity index (χ1v) is 10.5. The summed E-state index contributed by atoms with van der Waals surface area (Å²) in [6, 6.07) is 8.56. The number of fused-ring (bicyclic) bond motifs is 1. The summed E-state index contributed by atoms with van der Waals surface area (Å²) in [6.45, 7) is 2.86. The van der Waals surface area contributed by atoms with Gasteiger partial charge in [0.1, 0.15) is 17.6 Å². The van der Waals surface area contributed by atoms with E-state index in [4.69, 9.17) is 9.47 Å². The van der Waals surface area contributed by atoms with Gasteiger partial charge in [-0.2, -0.15) is 0 Å². The smallest absolute Gasteiger partial charge is 0.295 e. The highest BCUT2D eigenvalue weighted by Crippen LogP contribution is 2.42. The van der Waals surface area contributed by atoms with Gasteiger partial charge in [0, 0.05) is 37.1 Å². The average Bonchev–Trinajstić information content (AvgIpc) is 3.41. The lowest BCUT2D eigenvalue weighted by Gasteiger charge is -2.24. The van der Waals surface area contributed by atoms with E-state index in [9.17, 15) is 14.7 Å². The molecule has 0 unspecified atom stereocenters. The van der Waals surface area contributed by atoms with Gasteiger partial charge in [-0.05, 0) is 48.6 Å². The van der Waals surface area contributed by atoms with Crippen molar-refractivity contribution < 1.29 is 24.2 Å². The van der Waals surface area contributed by atoms with Crippen LogP contribution in [0, 0.1) is 0 Å². The summed E-state index contributed by atoms with van der Waals surface area (Å²) in [4.78, 5) is 28.0. The standard InChI is InChI=1S/C22H23NO5S/c1-13-11-15-12-14(6-7-16(15)28-13)20(24)18-19(17-5-3-10-29-17)23(8-4-9-27-2)22(26)21(18)25/h3,5-7,10,12-13,19,24H,4,8-9,11H2,1-2H3/t13-,19-/m1/s1. The Hall–Kier alpha value is -2.64. The number of hydrogen-bond donors (Lipinski definition) is 1. The van der Waals surface area contributed by atoms with E-state index in [1.54, 1.807) is 13.2 Å². The highest BCUT2D eigenvalue weighted by molar-refractivity contribution is 7.10. The van der Waals surface area contributed by atoms with E-state index in [-0.39, 0.29) is 17.4 Å². The second-order valence-electron chi connectivity index (χ2n) is 7.31. The highest BCUT2D eigenvalue weighted by Gasteiger charge is 2.46. The van der Waals surface area contributed by atoms with Crippen LogP contribution < -0.4 is 4.74 Å². The van der Waals surface area contributed by atoms with Crippen molar-refractivity contribution in [2.45, 2.75) is 31.9 Å². The predicted octanol–water partition coefficient (Wildman–Crippen LogP) is 3.53. The van der Waals surface area contributed by atoms with E-state index < -0.39 is 17.7 Å². The summed E-state index contributed by atoms with van der Waals surface area (Å²) in [7, 11) is 1.60. The van der Waals surface area contributed by atoms with Gasteiger partial charge in [0.15, 0.2) is 0 Å². The molecule has 1 saturated heterocycles. The summed E-state index contributed by atoms with van der Waals surface area (Å²) in [5.74, 6) is -0.579. The van der Waals surface area contributed by atoms with Crippen LogP contribution in [0.1, 0.15) is 35.4 Å². The molecule has 0 bridgehead atoms.